The molecule has 0 N–H and O–H groups in total. The van der Waals surface area contributed by atoms with E-state index in [0.29, 0.717) is 17.9 Å². The van der Waals surface area contributed by atoms with Gasteiger partial charge in [-0.2, -0.15) is 0 Å². The Balaban J connectivity index is 1.66. The van der Waals surface area contributed by atoms with Crippen LogP contribution in [0.2, 0.25) is 0 Å². The lowest BCUT2D eigenvalue weighted by Gasteiger charge is -2.43. The molecule has 0 amide bonds. The maximum absolute atomic E-state index is 13.6. The average molecular weight is 280 g/mol. The first-order chi connectivity index (χ1) is 9.67. The van der Waals surface area contributed by atoms with E-state index in [1.165, 1.54) is 6.07 Å². The van der Waals surface area contributed by atoms with Crippen LogP contribution in [0.1, 0.15) is 31.2 Å². The van der Waals surface area contributed by atoms with Gasteiger partial charge >= 0.3 is 0 Å². The Morgan fingerprint density at radius 1 is 1.25 bits per heavy atom. The maximum Gasteiger partial charge on any atom is 0.129 e. The van der Waals surface area contributed by atoms with Crippen molar-refractivity contribution in [3.8, 4) is 5.75 Å². The molecule has 4 heteroatoms. The number of rotatable bonds is 2. The van der Waals surface area contributed by atoms with E-state index in [4.69, 9.17) is 14.2 Å². The quantitative estimate of drug-likeness (QED) is 0.832. The van der Waals surface area contributed by atoms with Gasteiger partial charge in [0.2, 0.25) is 0 Å². The number of hydrogen-bond donors (Lipinski definition) is 0. The van der Waals surface area contributed by atoms with Crippen molar-refractivity contribution in [1.29, 1.82) is 0 Å². The first-order valence-electron chi connectivity index (χ1n) is 7.31. The Morgan fingerprint density at radius 2 is 2.05 bits per heavy atom. The molecule has 2 fully saturated rings. The molecule has 2 heterocycles. The van der Waals surface area contributed by atoms with E-state index in [2.05, 4.69) is 0 Å². The molecule has 0 radical (unpaired) electrons. The third-order valence-corrected chi connectivity index (χ3v) is 4.30. The van der Waals surface area contributed by atoms with Gasteiger partial charge in [0.15, 0.2) is 0 Å². The minimum absolute atomic E-state index is 0.0928. The Hall–Kier alpha value is -1.13. The minimum Gasteiger partial charge on any atom is -0.490 e. The van der Waals surface area contributed by atoms with Gasteiger partial charge in [0.05, 0.1) is 12.2 Å². The zero-order chi connectivity index (χ0) is 14.0. The first-order valence-corrected chi connectivity index (χ1v) is 7.31. The molecule has 0 aromatic heterocycles. The van der Waals surface area contributed by atoms with Crippen LogP contribution >= 0.6 is 0 Å². The fraction of sp³-hybridized carbons (Fsp3) is 0.625. The first kappa shape index (κ1) is 13.8. The Bertz CT molecular complexity index is 463. The van der Waals surface area contributed by atoms with E-state index < -0.39 is 0 Å². The highest BCUT2D eigenvalue weighted by atomic mass is 19.1. The van der Waals surface area contributed by atoms with Crippen molar-refractivity contribution in [1.82, 2.24) is 0 Å². The van der Waals surface area contributed by atoms with Gasteiger partial charge in [-0.05, 0) is 31.4 Å². The molecule has 0 bridgehead atoms. The average Bonchev–Trinajstić information content (AvgIpc) is 2.44. The largest absolute Gasteiger partial charge is 0.490 e. The number of hydrogen-bond acceptors (Lipinski definition) is 3. The van der Waals surface area contributed by atoms with Crippen molar-refractivity contribution in [3.63, 3.8) is 0 Å². The van der Waals surface area contributed by atoms with Crippen molar-refractivity contribution in [2.24, 2.45) is 0 Å². The number of aryl methyl sites for hydroxylation is 1. The van der Waals surface area contributed by atoms with Crippen LogP contribution in [0.4, 0.5) is 4.39 Å². The Labute approximate surface area is 119 Å². The zero-order valence-electron chi connectivity index (χ0n) is 11.9. The summed E-state index contributed by atoms with van der Waals surface area (Å²) in [6, 6.07) is 5.07. The van der Waals surface area contributed by atoms with Crippen LogP contribution < -0.4 is 4.74 Å². The SMILES string of the molecule is Cc1ccc(OC2CCOC3(CCOCC3)C2)cc1F. The summed E-state index contributed by atoms with van der Waals surface area (Å²) in [5.41, 5.74) is 0.551. The smallest absolute Gasteiger partial charge is 0.129 e. The molecule has 2 saturated heterocycles. The van der Waals surface area contributed by atoms with Gasteiger partial charge in [-0.3, -0.25) is 0 Å². The standard InChI is InChI=1S/C16H21FO3/c1-12-2-3-13(10-15(12)17)20-14-4-7-19-16(11-14)5-8-18-9-6-16/h2-3,10,14H,4-9,11H2,1H3. The normalized spacial score (nSPS) is 25.6. The second kappa shape index (κ2) is 5.70. The molecule has 1 aromatic carbocycles. The van der Waals surface area contributed by atoms with Crippen LogP contribution in [-0.2, 0) is 9.47 Å². The monoisotopic (exact) mass is 280 g/mol. The lowest BCUT2D eigenvalue weighted by Crippen LogP contribution is -2.47. The van der Waals surface area contributed by atoms with Gasteiger partial charge in [0, 0.05) is 32.1 Å². The molecule has 3 rings (SSSR count). The molecule has 1 spiro atoms. The Kier molecular flexibility index (Phi) is 3.94. The summed E-state index contributed by atoms with van der Waals surface area (Å²) < 4.78 is 30.9. The summed E-state index contributed by atoms with van der Waals surface area (Å²) in [4.78, 5) is 0. The van der Waals surface area contributed by atoms with Crippen LogP contribution in [0.15, 0.2) is 18.2 Å². The fourth-order valence-corrected chi connectivity index (χ4v) is 3.01. The highest BCUT2D eigenvalue weighted by molar-refractivity contribution is 5.28. The van der Waals surface area contributed by atoms with Crippen LogP contribution in [0.3, 0.4) is 0 Å². The van der Waals surface area contributed by atoms with Gasteiger partial charge in [-0.1, -0.05) is 6.07 Å². The molecule has 20 heavy (non-hydrogen) atoms. The predicted molar refractivity (Wildman–Crippen MR) is 73.5 cm³/mol. The lowest BCUT2D eigenvalue weighted by atomic mass is 9.85. The van der Waals surface area contributed by atoms with Crippen LogP contribution in [0.5, 0.6) is 5.75 Å². The number of halogens is 1. The molecule has 3 nitrogen and oxygen atoms in total. The minimum atomic E-state index is -0.213. The van der Waals surface area contributed by atoms with Crippen LogP contribution in [0, 0.1) is 12.7 Å². The van der Waals surface area contributed by atoms with E-state index in [-0.39, 0.29) is 17.5 Å². The van der Waals surface area contributed by atoms with E-state index in [9.17, 15) is 4.39 Å². The summed E-state index contributed by atoms with van der Waals surface area (Å²) in [6.45, 7) is 3.97. The molecule has 2 aliphatic heterocycles. The molecule has 1 aromatic rings. The molecule has 110 valence electrons. The molecule has 1 unspecified atom stereocenters. The van der Waals surface area contributed by atoms with Gasteiger partial charge < -0.3 is 14.2 Å². The van der Waals surface area contributed by atoms with Gasteiger partial charge in [-0.15, -0.1) is 0 Å². The molecule has 1 atom stereocenters. The van der Waals surface area contributed by atoms with Gasteiger partial charge in [-0.25, -0.2) is 4.39 Å². The zero-order valence-corrected chi connectivity index (χ0v) is 11.9. The molecular formula is C16H21FO3. The van der Waals surface area contributed by atoms with Crippen LogP contribution in [0.25, 0.3) is 0 Å². The second-order valence-electron chi connectivity index (χ2n) is 5.79. The third-order valence-electron chi connectivity index (χ3n) is 4.30. The van der Waals surface area contributed by atoms with Crippen molar-refractivity contribution in [2.45, 2.75) is 44.3 Å². The van der Waals surface area contributed by atoms with Crippen molar-refractivity contribution >= 4 is 0 Å². The highest BCUT2D eigenvalue weighted by Gasteiger charge is 2.39. The number of ether oxygens (including phenoxy) is 3. The third kappa shape index (κ3) is 2.96. The van der Waals surface area contributed by atoms with E-state index >= 15 is 0 Å². The highest BCUT2D eigenvalue weighted by Crippen LogP contribution is 2.35. The van der Waals surface area contributed by atoms with Crippen molar-refractivity contribution in [2.75, 3.05) is 19.8 Å². The summed E-state index contributed by atoms with van der Waals surface area (Å²) >= 11 is 0. The summed E-state index contributed by atoms with van der Waals surface area (Å²) in [5.74, 6) is 0.401. The van der Waals surface area contributed by atoms with Crippen molar-refractivity contribution in [3.05, 3.63) is 29.6 Å². The number of benzene rings is 1. The van der Waals surface area contributed by atoms with Crippen molar-refractivity contribution < 1.29 is 18.6 Å². The molecule has 2 aliphatic rings. The topological polar surface area (TPSA) is 27.7 Å². The Morgan fingerprint density at radius 3 is 2.80 bits per heavy atom. The van der Waals surface area contributed by atoms with Gasteiger partial charge in [0.1, 0.15) is 17.7 Å². The predicted octanol–water partition coefficient (Wildman–Crippen LogP) is 3.24. The lowest BCUT2D eigenvalue weighted by molar-refractivity contribution is -0.155. The van der Waals surface area contributed by atoms with E-state index in [0.717, 1.165) is 38.9 Å². The second-order valence-corrected chi connectivity index (χ2v) is 5.79. The van der Waals surface area contributed by atoms with Gasteiger partial charge in [0.25, 0.3) is 0 Å². The summed E-state index contributed by atoms with van der Waals surface area (Å²) in [5, 5.41) is 0. The molecule has 0 aliphatic carbocycles. The summed E-state index contributed by atoms with van der Waals surface area (Å²) in [7, 11) is 0. The fourth-order valence-electron chi connectivity index (χ4n) is 3.01. The van der Waals surface area contributed by atoms with Crippen LogP contribution in [-0.4, -0.2) is 31.5 Å². The van der Waals surface area contributed by atoms with E-state index in [1.54, 1.807) is 13.0 Å². The molecular weight excluding hydrogens is 259 g/mol. The molecule has 0 saturated carbocycles. The maximum atomic E-state index is 13.6. The summed E-state index contributed by atoms with van der Waals surface area (Å²) in [6.07, 6.45) is 3.68. The van der Waals surface area contributed by atoms with E-state index in [1.807, 2.05) is 6.07 Å².